The average Bonchev–Trinajstić information content (AvgIpc) is 2.78. The van der Waals surface area contributed by atoms with Gasteiger partial charge in [-0.05, 0) is 19.1 Å². The highest BCUT2D eigenvalue weighted by Gasteiger charge is 2.41. The van der Waals surface area contributed by atoms with Gasteiger partial charge in [0, 0.05) is 0 Å². The molecule has 12 nitrogen and oxygen atoms in total. The Morgan fingerprint density at radius 3 is 2.19 bits per heavy atom. The van der Waals surface area contributed by atoms with E-state index in [1.165, 1.54) is 19.1 Å². The Labute approximate surface area is 178 Å². The molecular formula is C19H29NO11. The molecule has 0 amide bonds. The first-order valence-electron chi connectivity index (χ1n) is 9.36. The summed E-state index contributed by atoms with van der Waals surface area (Å²) in [6.45, 7) is 0.775. The molecule has 1 fully saturated rings. The van der Waals surface area contributed by atoms with Crippen molar-refractivity contribution in [3.05, 3.63) is 35.9 Å². The predicted molar refractivity (Wildman–Crippen MR) is 103 cm³/mol. The molecule has 176 valence electrons. The van der Waals surface area contributed by atoms with Gasteiger partial charge in [0.15, 0.2) is 18.7 Å². The van der Waals surface area contributed by atoms with Crippen LogP contribution in [0.1, 0.15) is 17.3 Å². The lowest BCUT2D eigenvalue weighted by molar-refractivity contribution is -0.248. The number of rotatable bonds is 7. The van der Waals surface area contributed by atoms with Gasteiger partial charge in [0.1, 0.15) is 30.5 Å². The van der Waals surface area contributed by atoms with Gasteiger partial charge in [-0.25, -0.2) is 4.79 Å². The number of esters is 1. The fraction of sp³-hybridized carbons (Fsp3) is 0.579. The number of aldehydes is 1. The van der Waals surface area contributed by atoms with E-state index in [9.17, 15) is 30.0 Å². The van der Waals surface area contributed by atoms with Crippen molar-refractivity contribution >= 4 is 12.3 Å². The number of ether oxygens (including phenoxy) is 2. The SMILES string of the molecule is CC(O)C(O)C(O)C(C=O)OC(=O)c1ccccc1.N[C@H]1C(O)O[C@H](CO)[C@@H](O)[C@@H]1O. The van der Waals surface area contributed by atoms with Gasteiger partial charge in [-0.2, -0.15) is 0 Å². The predicted octanol–water partition coefficient (Wildman–Crippen LogP) is -3.74. The molecular weight excluding hydrogens is 418 g/mol. The summed E-state index contributed by atoms with van der Waals surface area (Å²) in [5, 5.41) is 64.2. The van der Waals surface area contributed by atoms with Crippen LogP contribution in [0.3, 0.4) is 0 Å². The van der Waals surface area contributed by atoms with Crippen LogP contribution in [0.15, 0.2) is 30.3 Å². The van der Waals surface area contributed by atoms with E-state index >= 15 is 0 Å². The van der Waals surface area contributed by atoms with E-state index < -0.39 is 67.6 Å². The largest absolute Gasteiger partial charge is 0.448 e. The lowest BCUT2D eigenvalue weighted by Gasteiger charge is -2.38. The molecule has 1 aliphatic rings. The number of aliphatic hydroxyl groups is 7. The van der Waals surface area contributed by atoms with Crippen molar-refractivity contribution in [3.8, 4) is 0 Å². The quantitative estimate of drug-likeness (QED) is 0.149. The minimum Gasteiger partial charge on any atom is -0.448 e. The Kier molecular flexibility index (Phi) is 11.1. The molecule has 1 aromatic rings. The zero-order valence-corrected chi connectivity index (χ0v) is 16.7. The van der Waals surface area contributed by atoms with Gasteiger partial charge in [-0.3, -0.25) is 4.79 Å². The lowest BCUT2D eigenvalue weighted by atomic mass is 9.98. The zero-order chi connectivity index (χ0) is 23.7. The first-order valence-corrected chi connectivity index (χ1v) is 9.36. The van der Waals surface area contributed by atoms with Crippen LogP contribution in [-0.4, -0.2) is 110 Å². The molecule has 0 aliphatic carbocycles. The molecule has 0 aromatic heterocycles. The van der Waals surface area contributed by atoms with Crippen molar-refractivity contribution in [2.75, 3.05) is 6.61 Å². The van der Waals surface area contributed by atoms with Crippen molar-refractivity contribution in [3.63, 3.8) is 0 Å². The van der Waals surface area contributed by atoms with E-state index in [2.05, 4.69) is 0 Å². The summed E-state index contributed by atoms with van der Waals surface area (Å²) in [4.78, 5) is 22.5. The molecule has 0 radical (unpaired) electrons. The third-order valence-electron chi connectivity index (χ3n) is 4.52. The van der Waals surface area contributed by atoms with E-state index in [0.29, 0.717) is 0 Å². The lowest BCUT2D eigenvalue weighted by Crippen LogP contribution is -2.61. The first-order chi connectivity index (χ1) is 14.5. The standard InChI is InChI=1S/C13H16O6.C6H13NO5/c1-8(15)11(16)12(17)10(7-14)19-13(18)9-5-3-2-4-6-9;7-3-5(10)4(9)2(1-8)12-6(3)11/h2-8,10-12,15-17H,1H3;2-6,8-11H,1,7H2/t;2-,3-,4-,5-,6?/m.1/s1. The molecule has 0 spiro atoms. The molecule has 31 heavy (non-hydrogen) atoms. The van der Waals surface area contributed by atoms with Crippen LogP contribution < -0.4 is 5.73 Å². The Bertz CT molecular complexity index is 669. The summed E-state index contributed by atoms with van der Waals surface area (Å²) >= 11 is 0. The van der Waals surface area contributed by atoms with Gasteiger partial charge >= 0.3 is 5.97 Å². The van der Waals surface area contributed by atoms with E-state index in [-0.39, 0.29) is 11.8 Å². The van der Waals surface area contributed by atoms with Crippen LogP contribution in [0.4, 0.5) is 0 Å². The number of aliphatic hydroxyl groups excluding tert-OH is 7. The number of hydrogen-bond acceptors (Lipinski definition) is 12. The molecule has 0 saturated carbocycles. The number of carbonyl (C=O) groups excluding carboxylic acids is 2. The number of carbonyl (C=O) groups is 2. The maximum atomic E-state index is 11.7. The van der Waals surface area contributed by atoms with Crippen molar-refractivity contribution in [2.45, 2.75) is 62.0 Å². The second-order valence-corrected chi connectivity index (χ2v) is 6.90. The van der Waals surface area contributed by atoms with Gasteiger partial charge in [-0.15, -0.1) is 0 Å². The Morgan fingerprint density at radius 1 is 1.13 bits per heavy atom. The third-order valence-corrected chi connectivity index (χ3v) is 4.52. The molecule has 1 heterocycles. The van der Waals surface area contributed by atoms with Crippen LogP contribution in [0.5, 0.6) is 0 Å². The van der Waals surface area contributed by atoms with Crippen LogP contribution in [0, 0.1) is 0 Å². The third kappa shape index (κ3) is 7.57. The van der Waals surface area contributed by atoms with Crippen LogP contribution >= 0.6 is 0 Å². The monoisotopic (exact) mass is 447 g/mol. The summed E-state index contributed by atoms with van der Waals surface area (Å²) in [5.41, 5.74) is 5.48. The Hall–Kier alpha value is -2.00. The van der Waals surface area contributed by atoms with E-state index in [0.717, 1.165) is 0 Å². The van der Waals surface area contributed by atoms with Gasteiger partial charge in [0.2, 0.25) is 0 Å². The summed E-state index contributed by atoms with van der Waals surface area (Å²) < 4.78 is 9.49. The highest BCUT2D eigenvalue weighted by Crippen LogP contribution is 2.17. The van der Waals surface area contributed by atoms with Crippen LogP contribution in [0.25, 0.3) is 0 Å². The maximum Gasteiger partial charge on any atom is 0.338 e. The second-order valence-electron chi connectivity index (χ2n) is 6.90. The van der Waals surface area contributed by atoms with Gasteiger partial charge in [0.25, 0.3) is 0 Å². The first kappa shape index (κ1) is 27.0. The van der Waals surface area contributed by atoms with E-state index in [1.807, 2.05) is 0 Å². The van der Waals surface area contributed by atoms with E-state index in [4.69, 9.17) is 30.5 Å². The van der Waals surface area contributed by atoms with Gasteiger partial charge in [0.05, 0.1) is 24.3 Å². The fourth-order valence-electron chi connectivity index (χ4n) is 2.54. The number of nitrogens with two attached hydrogens (primary N) is 1. The van der Waals surface area contributed by atoms with Crippen molar-refractivity contribution in [1.82, 2.24) is 0 Å². The molecule has 1 aliphatic heterocycles. The highest BCUT2D eigenvalue weighted by atomic mass is 16.6. The summed E-state index contributed by atoms with van der Waals surface area (Å²) in [7, 11) is 0. The molecule has 9 atom stereocenters. The smallest absolute Gasteiger partial charge is 0.338 e. The minimum atomic E-state index is -1.69. The summed E-state index contributed by atoms with van der Waals surface area (Å²) in [6.07, 6.45) is -10.7. The summed E-state index contributed by atoms with van der Waals surface area (Å²) in [5.74, 6) is -0.797. The van der Waals surface area contributed by atoms with Gasteiger partial charge in [-0.1, -0.05) is 18.2 Å². The maximum absolute atomic E-state index is 11.7. The Balaban J connectivity index is 0.000000343. The zero-order valence-electron chi connectivity index (χ0n) is 16.7. The molecule has 12 heteroatoms. The Morgan fingerprint density at radius 2 is 1.71 bits per heavy atom. The van der Waals surface area contributed by atoms with Crippen molar-refractivity contribution in [2.24, 2.45) is 5.73 Å². The topological polar surface area (TPSA) is 220 Å². The number of benzene rings is 1. The molecule has 0 bridgehead atoms. The van der Waals surface area contributed by atoms with Gasteiger partial charge < -0.3 is 51.0 Å². The van der Waals surface area contributed by atoms with E-state index in [1.54, 1.807) is 18.2 Å². The average molecular weight is 447 g/mol. The highest BCUT2D eigenvalue weighted by molar-refractivity contribution is 5.90. The second kappa shape index (κ2) is 12.8. The molecule has 5 unspecified atom stereocenters. The van der Waals surface area contributed by atoms with Crippen molar-refractivity contribution in [1.29, 1.82) is 0 Å². The fourth-order valence-corrected chi connectivity index (χ4v) is 2.54. The van der Waals surface area contributed by atoms with Crippen LogP contribution in [-0.2, 0) is 14.3 Å². The number of hydrogen-bond donors (Lipinski definition) is 8. The molecule has 2 rings (SSSR count). The molecule has 9 N–H and O–H groups in total. The molecule has 1 saturated heterocycles. The summed E-state index contributed by atoms with van der Waals surface area (Å²) in [6, 6.07) is 6.88. The van der Waals surface area contributed by atoms with Crippen LogP contribution in [0.2, 0.25) is 0 Å². The molecule has 1 aromatic carbocycles. The normalized spacial score (nSPS) is 29.5. The van der Waals surface area contributed by atoms with Crippen molar-refractivity contribution < 1.29 is 54.8 Å². The minimum absolute atomic E-state index is 0.205.